The van der Waals surface area contributed by atoms with E-state index in [4.69, 9.17) is 5.73 Å². The molecule has 1 fully saturated rings. The molecule has 8 heteroatoms. The summed E-state index contributed by atoms with van der Waals surface area (Å²) in [5.74, 6) is -0.909. The SMILES string of the molecule is CN1CCN(C(=O)CS(=O)(=O)c2ccc(Br)cc2N)CC1. The van der Waals surface area contributed by atoms with Gasteiger partial charge in [0.25, 0.3) is 0 Å². The average molecular weight is 376 g/mol. The molecule has 1 amide bonds. The second-order valence-corrected chi connectivity index (χ2v) is 8.00. The van der Waals surface area contributed by atoms with Crippen LogP contribution in [0.15, 0.2) is 27.6 Å². The summed E-state index contributed by atoms with van der Waals surface area (Å²) in [6.45, 7) is 2.62. The van der Waals surface area contributed by atoms with Crippen molar-refractivity contribution in [3.63, 3.8) is 0 Å². The number of nitrogens with two attached hydrogens (primary N) is 1. The first-order valence-electron chi connectivity index (χ1n) is 6.54. The zero-order chi connectivity index (χ0) is 15.6. The molecule has 0 spiro atoms. The molecule has 2 N–H and O–H groups in total. The van der Waals surface area contributed by atoms with Gasteiger partial charge in [-0.15, -0.1) is 0 Å². The Labute approximate surface area is 132 Å². The number of anilines is 1. The van der Waals surface area contributed by atoms with Crippen LogP contribution in [-0.4, -0.2) is 63.1 Å². The molecular formula is C13H18BrN3O3S. The van der Waals surface area contributed by atoms with E-state index in [2.05, 4.69) is 20.8 Å². The van der Waals surface area contributed by atoms with Gasteiger partial charge in [-0.3, -0.25) is 4.79 Å². The molecule has 0 unspecified atom stereocenters. The Balaban J connectivity index is 2.12. The molecule has 21 heavy (non-hydrogen) atoms. The second kappa shape index (κ2) is 6.33. The normalized spacial score (nSPS) is 17.0. The number of rotatable bonds is 3. The van der Waals surface area contributed by atoms with Crippen molar-refractivity contribution in [3.8, 4) is 0 Å². The third-order valence-corrected chi connectivity index (χ3v) is 5.64. The van der Waals surface area contributed by atoms with Crippen LogP contribution in [0.3, 0.4) is 0 Å². The molecule has 1 aromatic rings. The highest BCUT2D eigenvalue weighted by atomic mass is 79.9. The van der Waals surface area contributed by atoms with Crippen molar-refractivity contribution in [2.24, 2.45) is 0 Å². The average Bonchev–Trinajstić information content (AvgIpc) is 2.38. The lowest BCUT2D eigenvalue weighted by Crippen LogP contribution is -2.48. The van der Waals surface area contributed by atoms with Gasteiger partial charge in [0.05, 0.1) is 10.6 Å². The quantitative estimate of drug-likeness (QED) is 0.781. The van der Waals surface area contributed by atoms with Crippen LogP contribution in [0.1, 0.15) is 0 Å². The van der Waals surface area contributed by atoms with E-state index in [1.54, 1.807) is 11.0 Å². The summed E-state index contributed by atoms with van der Waals surface area (Å²) < 4.78 is 25.4. The minimum absolute atomic E-state index is 0.00757. The number of amides is 1. The van der Waals surface area contributed by atoms with E-state index < -0.39 is 15.6 Å². The highest BCUT2D eigenvalue weighted by Gasteiger charge is 2.26. The summed E-state index contributed by atoms with van der Waals surface area (Å²) in [7, 11) is -1.75. The number of carbonyl (C=O) groups excluding carboxylic acids is 1. The molecule has 0 aliphatic carbocycles. The molecule has 116 valence electrons. The van der Waals surface area contributed by atoms with Crippen LogP contribution in [0.5, 0.6) is 0 Å². The Morgan fingerprint density at radius 3 is 2.48 bits per heavy atom. The summed E-state index contributed by atoms with van der Waals surface area (Å²) in [4.78, 5) is 15.8. The van der Waals surface area contributed by atoms with Crippen LogP contribution in [-0.2, 0) is 14.6 Å². The van der Waals surface area contributed by atoms with Crippen molar-refractivity contribution in [2.75, 3.05) is 44.7 Å². The third-order valence-electron chi connectivity index (χ3n) is 3.48. The zero-order valence-corrected chi connectivity index (χ0v) is 14.2. The molecule has 0 atom stereocenters. The van der Waals surface area contributed by atoms with Crippen LogP contribution in [0.4, 0.5) is 5.69 Å². The van der Waals surface area contributed by atoms with E-state index >= 15 is 0 Å². The number of nitrogen functional groups attached to an aromatic ring is 1. The van der Waals surface area contributed by atoms with Crippen LogP contribution in [0.2, 0.25) is 0 Å². The number of likely N-dealkylation sites (N-methyl/N-ethyl adjacent to an activating group) is 1. The minimum Gasteiger partial charge on any atom is -0.398 e. The van der Waals surface area contributed by atoms with E-state index in [-0.39, 0.29) is 16.5 Å². The maximum Gasteiger partial charge on any atom is 0.238 e. The van der Waals surface area contributed by atoms with Gasteiger partial charge in [0.2, 0.25) is 5.91 Å². The topological polar surface area (TPSA) is 83.7 Å². The van der Waals surface area contributed by atoms with Gasteiger partial charge < -0.3 is 15.5 Å². The second-order valence-electron chi connectivity index (χ2n) is 5.13. The van der Waals surface area contributed by atoms with Crippen molar-refractivity contribution >= 4 is 37.4 Å². The van der Waals surface area contributed by atoms with Gasteiger partial charge in [-0.05, 0) is 25.2 Å². The fraction of sp³-hybridized carbons (Fsp3) is 0.462. The summed E-state index contributed by atoms with van der Waals surface area (Å²) >= 11 is 3.23. The number of carbonyl (C=O) groups is 1. The molecule has 1 aliphatic rings. The molecule has 1 heterocycles. The van der Waals surface area contributed by atoms with Crippen molar-refractivity contribution in [2.45, 2.75) is 4.90 Å². The third kappa shape index (κ3) is 3.96. The molecular weight excluding hydrogens is 358 g/mol. The van der Waals surface area contributed by atoms with Gasteiger partial charge in [-0.1, -0.05) is 15.9 Å². The van der Waals surface area contributed by atoms with E-state index in [0.717, 1.165) is 13.1 Å². The first-order valence-corrected chi connectivity index (χ1v) is 8.98. The van der Waals surface area contributed by atoms with Gasteiger partial charge in [-0.2, -0.15) is 0 Å². The van der Waals surface area contributed by atoms with E-state index in [9.17, 15) is 13.2 Å². The number of halogens is 1. The molecule has 2 rings (SSSR count). The Morgan fingerprint density at radius 1 is 1.29 bits per heavy atom. The summed E-state index contributed by atoms with van der Waals surface area (Å²) in [5.41, 5.74) is 5.89. The molecule has 6 nitrogen and oxygen atoms in total. The number of hydrogen-bond donors (Lipinski definition) is 1. The van der Waals surface area contributed by atoms with Gasteiger partial charge in [-0.25, -0.2) is 8.42 Å². The number of piperazine rings is 1. The van der Waals surface area contributed by atoms with Crippen molar-refractivity contribution in [3.05, 3.63) is 22.7 Å². The predicted molar refractivity (Wildman–Crippen MR) is 84.7 cm³/mol. The van der Waals surface area contributed by atoms with Gasteiger partial charge in [0.1, 0.15) is 5.75 Å². The highest BCUT2D eigenvalue weighted by molar-refractivity contribution is 9.10. The zero-order valence-electron chi connectivity index (χ0n) is 11.8. The lowest BCUT2D eigenvalue weighted by atomic mass is 10.3. The van der Waals surface area contributed by atoms with Crippen molar-refractivity contribution in [1.82, 2.24) is 9.80 Å². The maximum atomic E-state index is 12.3. The highest BCUT2D eigenvalue weighted by Crippen LogP contribution is 2.24. The molecule has 1 saturated heterocycles. The Hall–Kier alpha value is -1.12. The van der Waals surface area contributed by atoms with Gasteiger partial charge in [0, 0.05) is 30.7 Å². The summed E-state index contributed by atoms with van der Waals surface area (Å²) in [6.07, 6.45) is 0. The molecule has 0 radical (unpaired) electrons. The van der Waals surface area contributed by atoms with Crippen LogP contribution >= 0.6 is 15.9 Å². The molecule has 0 aromatic heterocycles. The number of hydrogen-bond acceptors (Lipinski definition) is 5. The van der Waals surface area contributed by atoms with Crippen LogP contribution in [0.25, 0.3) is 0 Å². The van der Waals surface area contributed by atoms with Crippen molar-refractivity contribution < 1.29 is 13.2 Å². The van der Waals surface area contributed by atoms with E-state index in [1.807, 2.05) is 7.05 Å². The van der Waals surface area contributed by atoms with E-state index in [1.165, 1.54) is 12.1 Å². The number of nitrogens with zero attached hydrogens (tertiary/aromatic N) is 2. The summed E-state index contributed by atoms with van der Waals surface area (Å²) in [5, 5.41) is 0. The number of benzene rings is 1. The lowest BCUT2D eigenvalue weighted by molar-refractivity contribution is -0.129. The standard InChI is InChI=1S/C13H18BrN3O3S/c1-16-4-6-17(7-5-16)13(18)9-21(19,20)12-3-2-10(14)8-11(12)15/h2-3,8H,4-7,9,15H2,1H3. The fourth-order valence-corrected chi connectivity index (χ4v) is 3.93. The lowest BCUT2D eigenvalue weighted by Gasteiger charge is -2.32. The molecule has 1 aromatic carbocycles. The number of sulfone groups is 1. The largest absolute Gasteiger partial charge is 0.398 e. The van der Waals surface area contributed by atoms with Gasteiger partial charge >= 0.3 is 0 Å². The summed E-state index contributed by atoms with van der Waals surface area (Å²) in [6, 6.07) is 4.54. The minimum atomic E-state index is -3.72. The maximum absolute atomic E-state index is 12.3. The van der Waals surface area contributed by atoms with E-state index in [0.29, 0.717) is 17.6 Å². The van der Waals surface area contributed by atoms with Crippen LogP contribution in [0, 0.1) is 0 Å². The van der Waals surface area contributed by atoms with Crippen molar-refractivity contribution in [1.29, 1.82) is 0 Å². The monoisotopic (exact) mass is 375 g/mol. The fourth-order valence-electron chi connectivity index (χ4n) is 2.19. The first-order chi connectivity index (χ1) is 9.79. The first kappa shape index (κ1) is 16.3. The molecule has 1 aliphatic heterocycles. The van der Waals surface area contributed by atoms with Crippen LogP contribution < -0.4 is 5.73 Å². The smallest absolute Gasteiger partial charge is 0.238 e. The Bertz CT molecular complexity index is 640. The Morgan fingerprint density at radius 2 is 1.90 bits per heavy atom. The predicted octanol–water partition coefficient (Wildman–Crippen LogP) is 0.579. The molecule has 0 saturated carbocycles. The van der Waals surface area contributed by atoms with Gasteiger partial charge in [0.15, 0.2) is 9.84 Å². The Kier molecular flexibility index (Phi) is 4.90. The molecule has 0 bridgehead atoms.